The Bertz CT molecular complexity index is 1090. The van der Waals surface area contributed by atoms with Crippen molar-refractivity contribution in [2.45, 2.75) is 13.0 Å². The first-order valence-corrected chi connectivity index (χ1v) is 8.64. The fourth-order valence-corrected chi connectivity index (χ4v) is 3.22. The summed E-state index contributed by atoms with van der Waals surface area (Å²) in [5.41, 5.74) is 3.29. The molecule has 2 aromatic heterocycles. The van der Waals surface area contributed by atoms with Crippen LogP contribution in [0.25, 0.3) is 22.1 Å². The minimum Gasteiger partial charge on any atom is -0.490 e. The van der Waals surface area contributed by atoms with E-state index in [1.165, 1.54) is 0 Å². The molecule has 0 atom stereocenters. The van der Waals surface area contributed by atoms with Gasteiger partial charge in [0.25, 0.3) is 0 Å². The van der Waals surface area contributed by atoms with Crippen molar-refractivity contribution in [3.8, 4) is 11.5 Å². The standard InChI is InChI=1S/C20H17N3O3/c1-2-7-15-14(6-1)17-19(26-15)20(23-12-22-17)21-11-13-5-3-8-16-18(13)25-10-4-9-24-16/h1-3,5-8,12H,4,9-11H2,(H,21,22,23). The number of benzene rings is 2. The summed E-state index contributed by atoms with van der Waals surface area (Å²) in [5, 5.41) is 4.34. The van der Waals surface area contributed by atoms with E-state index in [2.05, 4.69) is 15.3 Å². The first-order chi connectivity index (χ1) is 12.9. The average molecular weight is 347 g/mol. The van der Waals surface area contributed by atoms with Gasteiger partial charge in [0.15, 0.2) is 22.9 Å². The molecule has 0 amide bonds. The number of rotatable bonds is 3. The number of furan rings is 1. The molecule has 5 rings (SSSR count). The summed E-state index contributed by atoms with van der Waals surface area (Å²) in [7, 11) is 0. The molecule has 26 heavy (non-hydrogen) atoms. The normalized spacial score (nSPS) is 13.7. The second-order valence-electron chi connectivity index (χ2n) is 6.15. The highest BCUT2D eigenvalue weighted by molar-refractivity contribution is 6.05. The van der Waals surface area contributed by atoms with Crippen molar-refractivity contribution in [2.24, 2.45) is 0 Å². The van der Waals surface area contributed by atoms with E-state index in [1.807, 2.05) is 42.5 Å². The van der Waals surface area contributed by atoms with Gasteiger partial charge in [0, 0.05) is 23.9 Å². The lowest BCUT2D eigenvalue weighted by atomic mass is 10.2. The van der Waals surface area contributed by atoms with Crippen molar-refractivity contribution >= 4 is 27.9 Å². The Labute approximate surface area is 149 Å². The van der Waals surface area contributed by atoms with Crippen LogP contribution in [0.5, 0.6) is 11.5 Å². The van der Waals surface area contributed by atoms with Crippen LogP contribution in [0.15, 0.2) is 53.2 Å². The lowest BCUT2D eigenvalue weighted by molar-refractivity contribution is 0.296. The third kappa shape index (κ3) is 2.50. The molecule has 1 N–H and O–H groups in total. The Balaban J connectivity index is 1.49. The molecule has 1 aliphatic rings. The van der Waals surface area contributed by atoms with Crippen molar-refractivity contribution in [2.75, 3.05) is 18.5 Å². The van der Waals surface area contributed by atoms with Gasteiger partial charge >= 0.3 is 0 Å². The second-order valence-corrected chi connectivity index (χ2v) is 6.15. The number of anilines is 1. The number of fused-ring (bicyclic) bond motifs is 4. The molecule has 0 spiro atoms. The summed E-state index contributed by atoms with van der Waals surface area (Å²) >= 11 is 0. The molecule has 4 aromatic rings. The van der Waals surface area contributed by atoms with Gasteiger partial charge in [0.1, 0.15) is 17.4 Å². The molecule has 3 heterocycles. The lowest BCUT2D eigenvalue weighted by Crippen LogP contribution is -2.05. The largest absolute Gasteiger partial charge is 0.490 e. The molecule has 0 saturated heterocycles. The van der Waals surface area contributed by atoms with E-state index in [0.29, 0.717) is 31.2 Å². The zero-order valence-corrected chi connectivity index (χ0v) is 14.1. The van der Waals surface area contributed by atoms with Crippen molar-refractivity contribution in [3.05, 3.63) is 54.4 Å². The van der Waals surface area contributed by atoms with Gasteiger partial charge < -0.3 is 19.2 Å². The van der Waals surface area contributed by atoms with Gasteiger partial charge in [-0.2, -0.15) is 0 Å². The molecule has 6 nitrogen and oxygen atoms in total. The fraction of sp³-hybridized carbons (Fsp3) is 0.200. The number of nitrogens with one attached hydrogen (secondary N) is 1. The monoisotopic (exact) mass is 347 g/mol. The van der Waals surface area contributed by atoms with E-state index < -0.39 is 0 Å². The summed E-state index contributed by atoms with van der Waals surface area (Å²) in [5.74, 6) is 2.25. The van der Waals surface area contributed by atoms with Gasteiger partial charge in [0.05, 0.1) is 13.2 Å². The van der Waals surface area contributed by atoms with Crippen LogP contribution in [0.3, 0.4) is 0 Å². The predicted octanol–water partition coefficient (Wildman–Crippen LogP) is 4.15. The average Bonchev–Trinajstić information content (AvgIpc) is 2.89. The first kappa shape index (κ1) is 15.0. The maximum atomic E-state index is 5.96. The lowest BCUT2D eigenvalue weighted by Gasteiger charge is -2.13. The SMILES string of the molecule is c1cc(CNc2ncnc3c2oc2ccccc23)c2c(c1)OCCCO2. The Morgan fingerprint density at radius 2 is 1.88 bits per heavy atom. The van der Waals surface area contributed by atoms with E-state index in [9.17, 15) is 0 Å². The number of nitrogens with zero attached hydrogens (tertiary/aromatic N) is 2. The summed E-state index contributed by atoms with van der Waals surface area (Å²) in [6.07, 6.45) is 2.44. The van der Waals surface area contributed by atoms with Crippen LogP contribution in [0.4, 0.5) is 5.82 Å². The van der Waals surface area contributed by atoms with Crippen LogP contribution in [-0.4, -0.2) is 23.2 Å². The maximum absolute atomic E-state index is 5.96. The predicted molar refractivity (Wildman–Crippen MR) is 98.7 cm³/mol. The third-order valence-corrected chi connectivity index (χ3v) is 4.46. The highest BCUT2D eigenvalue weighted by Crippen LogP contribution is 2.34. The van der Waals surface area contributed by atoms with Crippen LogP contribution in [0.1, 0.15) is 12.0 Å². The third-order valence-electron chi connectivity index (χ3n) is 4.46. The van der Waals surface area contributed by atoms with Gasteiger partial charge in [0.2, 0.25) is 0 Å². The number of hydrogen-bond donors (Lipinski definition) is 1. The zero-order valence-electron chi connectivity index (χ0n) is 14.1. The molecule has 0 aliphatic carbocycles. The molecule has 0 saturated carbocycles. The van der Waals surface area contributed by atoms with E-state index in [0.717, 1.165) is 40.0 Å². The molecular weight excluding hydrogens is 330 g/mol. The van der Waals surface area contributed by atoms with Crippen LogP contribution in [-0.2, 0) is 6.54 Å². The highest BCUT2D eigenvalue weighted by Gasteiger charge is 2.16. The molecular formula is C20H17N3O3. The minimum atomic E-state index is 0.551. The molecule has 1 aliphatic heterocycles. The molecule has 0 bridgehead atoms. The fourth-order valence-electron chi connectivity index (χ4n) is 3.22. The summed E-state index contributed by atoms with van der Waals surface area (Å²) < 4.78 is 17.6. The second kappa shape index (κ2) is 6.22. The van der Waals surface area contributed by atoms with Gasteiger partial charge in [-0.1, -0.05) is 24.3 Å². The molecule has 6 heteroatoms. The minimum absolute atomic E-state index is 0.551. The van der Waals surface area contributed by atoms with Crippen LogP contribution < -0.4 is 14.8 Å². The van der Waals surface area contributed by atoms with Gasteiger partial charge in [-0.3, -0.25) is 0 Å². The van der Waals surface area contributed by atoms with Crippen molar-refractivity contribution < 1.29 is 13.9 Å². The highest BCUT2D eigenvalue weighted by atomic mass is 16.5. The number of hydrogen-bond acceptors (Lipinski definition) is 6. The molecule has 2 aromatic carbocycles. The van der Waals surface area contributed by atoms with Crippen molar-refractivity contribution in [1.82, 2.24) is 9.97 Å². The van der Waals surface area contributed by atoms with Crippen molar-refractivity contribution in [1.29, 1.82) is 0 Å². The summed E-state index contributed by atoms with van der Waals surface area (Å²) in [6, 6.07) is 13.8. The van der Waals surface area contributed by atoms with Gasteiger partial charge in [-0.15, -0.1) is 0 Å². The van der Waals surface area contributed by atoms with E-state index in [4.69, 9.17) is 13.9 Å². The Hall–Kier alpha value is -3.28. The van der Waals surface area contributed by atoms with Crippen molar-refractivity contribution in [3.63, 3.8) is 0 Å². The van der Waals surface area contributed by atoms with Gasteiger partial charge in [-0.05, 0) is 18.2 Å². The molecule has 0 unspecified atom stereocenters. The summed E-state index contributed by atoms with van der Waals surface area (Å²) in [6.45, 7) is 1.89. The topological polar surface area (TPSA) is 69.4 Å². The Morgan fingerprint density at radius 1 is 0.962 bits per heavy atom. The molecule has 130 valence electrons. The van der Waals surface area contributed by atoms with E-state index in [-0.39, 0.29) is 0 Å². The van der Waals surface area contributed by atoms with E-state index >= 15 is 0 Å². The Kier molecular flexibility index (Phi) is 3.59. The van der Waals surface area contributed by atoms with Gasteiger partial charge in [-0.25, -0.2) is 9.97 Å². The van der Waals surface area contributed by atoms with Crippen LogP contribution >= 0.6 is 0 Å². The van der Waals surface area contributed by atoms with Crippen LogP contribution in [0.2, 0.25) is 0 Å². The zero-order chi connectivity index (χ0) is 17.3. The number of aromatic nitrogens is 2. The Morgan fingerprint density at radius 3 is 2.88 bits per heavy atom. The maximum Gasteiger partial charge on any atom is 0.196 e. The molecule has 0 radical (unpaired) electrons. The molecule has 0 fully saturated rings. The van der Waals surface area contributed by atoms with Crippen LogP contribution in [0, 0.1) is 0 Å². The quantitative estimate of drug-likeness (QED) is 0.600. The number of ether oxygens (including phenoxy) is 2. The first-order valence-electron chi connectivity index (χ1n) is 8.64. The summed E-state index contributed by atoms with van der Waals surface area (Å²) in [4.78, 5) is 8.74. The van der Waals surface area contributed by atoms with E-state index in [1.54, 1.807) is 6.33 Å². The number of para-hydroxylation sites is 2. The smallest absolute Gasteiger partial charge is 0.196 e.